The first-order chi connectivity index (χ1) is 12.6. The minimum absolute atomic E-state index is 0.0143. The number of likely N-dealkylation sites (tertiary alicyclic amines) is 1. The topological polar surface area (TPSA) is 76.5 Å². The van der Waals surface area contributed by atoms with Crippen LogP contribution in [0.3, 0.4) is 0 Å². The second-order valence-corrected chi connectivity index (χ2v) is 8.76. The Bertz CT molecular complexity index is 864. The van der Waals surface area contributed by atoms with E-state index in [1.54, 1.807) is 9.58 Å². The zero-order valence-electron chi connectivity index (χ0n) is 16.1. The third-order valence-corrected chi connectivity index (χ3v) is 5.00. The van der Waals surface area contributed by atoms with Crippen molar-refractivity contribution in [2.24, 2.45) is 7.05 Å². The molecular weight excluding hydrogens is 412 g/mol. The lowest BCUT2D eigenvalue weighted by molar-refractivity contribution is 0.0199. The van der Waals surface area contributed by atoms with Gasteiger partial charge in [-0.25, -0.2) is 4.79 Å². The highest BCUT2D eigenvalue weighted by molar-refractivity contribution is 9.10. The van der Waals surface area contributed by atoms with Crippen LogP contribution in [-0.4, -0.2) is 51.4 Å². The number of carbonyl (C=O) groups excluding carboxylic acids is 2. The van der Waals surface area contributed by atoms with Gasteiger partial charge in [-0.1, -0.05) is 15.9 Å². The van der Waals surface area contributed by atoms with Crippen LogP contribution in [0.2, 0.25) is 0 Å². The Hall–Kier alpha value is -2.09. The molecular formula is C19H25BrN4O3. The molecule has 1 aliphatic rings. The highest BCUT2D eigenvalue weighted by atomic mass is 79.9. The summed E-state index contributed by atoms with van der Waals surface area (Å²) in [4.78, 5) is 26.6. The summed E-state index contributed by atoms with van der Waals surface area (Å²) in [7, 11) is 1.83. The fourth-order valence-electron chi connectivity index (χ4n) is 3.19. The molecule has 1 N–H and O–H groups in total. The molecule has 0 radical (unpaired) electrons. The molecule has 2 heterocycles. The van der Waals surface area contributed by atoms with Crippen LogP contribution in [-0.2, 0) is 11.8 Å². The molecule has 1 aromatic carbocycles. The third-order valence-electron chi connectivity index (χ3n) is 4.51. The molecule has 27 heavy (non-hydrogen) atoms. The van der Waals surface area contributed by atoms with Gasteiger partial charge in [0.05, 0.1) is 5.52 Å². The zero-order valence-corrected chi connectivity index (χ0v) is 17.7. The minimum atomic E-state index is -0.504. The lowest BCUT2D eigenvalue weighted by atomic mass is 10.0. The molecule has 0 atom stereocenters. The zero-order chi connectivity index (χ0) is 19.8. The Morgan fingerprint density at radius 1 is 1.26 bits per heavy atom. The fourth-order valence-corrected chi connectivity index (χ4v) is 3.55. The van der Waals surface area contributed by atoms with Crippen molar-refractivity contribution in [1.29, 1.82) is 0 Å². The van der Waals surface area contributed by atoms with Gasteiger partial charge >= 0.3 is 6.09 Å². The van der Waals surface area contributed by atoms with Gasteiger partial charge in [0.2, 0.25) is 0 Å². The normalized spacial score (nSPS) is 15.8. The van der Waals surface area contributed by atoms with E-state index in [-0.39, 0.29) is 18.0 Å². The molecule has 8 heteroatoms. The van der Waals surface area contributed by atoms with Gasteiger partial charge in [-0.15, -0.1) is 0 Å². The highest BCUT2D eigenvalue weighted by Crippen LogP contribution is 2.23. The maximum atomic E-state index is 12.7. The van der Waals surface area contributed by atoms with Crippen LogP contribution in [0.4, 0.5) is 4.79 Å². The summed E-state index contributed by atoms with van der Waals surface area (Å²) in [5.41, 5.74) is 0.822. The highest BCUT2D eigenvalue weighted by Gasteiger charge is 2.28. The molecule has 2 amide bonds. The number of nitrogens with one attached hydrogen (secondary N) is 1. The van der Waals surface area contributed by atoms with E-state index in [0.29, 0.717) is 31.6 Å². The van der Waals surface area contributed by atoms with Crippen LogP contribution in [0.5, 0.6) is 0 Å². The van der Waals surface area contributed by atoms with Gasteiger partial charge in [-0.3, -0.25) is 9.48 Å². The first kappa shape index (κ1) is 19.7. The number of ether oxygens (including phenoxy) is 1. The molecule has 0 saturated carbocycles. The number of carbonyl (C=O) groups is 2. The predicted molar refractivity (Wildman–Crippen MR) is 107 cm³/mol. The summed E-state index contributed by atoms with van der Waals surface area (Å²) in [6.07, 6.45) is 1.09. The van der Waals surface area contributed by atoms with Gasteiger partial charge < -0.3 is 15.0 Å². The van der Waals surface area contributed by atoms with Gasteiger partial charge in [0, 0.05) is 36.0 Å². The number of benzene rings is 1. The van der Waals surface area contributed by atoms with E-state index in [9.17, 15) is 9.59 Å². The Kier molecular flexibility index (Phi) is 5.46. The van der Waals surface area contributed by atoms with E-state index in [4.69, 9.17) is 4.74 Å². The summed E-state index contributed by atoms with van der Waals surface area (Å²) in [5.74, 6) is -0.186. The average molecular weight is 437 g/mol. The maximum absolute atomic E-state index is 12.7. The Balaban J connectivity index is 1.62. The van der Waals surface area contributed by atoms with Crippen LogP contribution in [0, 0.1) is 0 Å². The molecule has 1 aromatic heterocycles. The standard InChI is InChI=1S/C19H25BrN4O3/c1-19(2,3)27-18(26)24-9-7-13(8-10-24)21-17(25)16-14-11-12(20)5-6-15(14)23(4)22-16/h5-6,11,13H,7-10H2,1-4H3,(H,21,25). The van der Waals surface area contributed by atoms with Crippen LogP contribution in [0.25, 0.3) is 10.9 Å². The van der Waals surface area contributed by atoms with Crippen LogP contribution >= 0.6 is 15.9 Å². The summed E-state index contributed by atoms with van der Waals surface area (Å²) in [5, 5.41) is 8.25. The first-order valence-electron chi connectivity index (χ1n) is 9.05. The first-order valence-corrected chi connectivity index (χ1v) is 9.84. The summed E-state index contributed by atoms with van der Waals surface area (Å²) in [6.45, 7) is 6.69. The van der Waals surface area contributed by atoms with Crippen molar-refractivity contribution in [3.8, 4) is 0 Å². The maximum Gasteiger partial charge on any atom is 0.410 e. The van der Waals surface area contributed by atoms with E-state index in [1.165, 1.54) is 0 Å². The van der Waals surface area contributed by atoms with Crippen molar-refractivity contribution in [2.45, 2.75) is 45.3 Å². The van der Waals surface area contributed by atoms with Crippen molar-refractivity contribution in [1.82, 2.24) is 20.0 Å². The number of aryl methyl sites for hydroxylation is 1. The summed E-state index contributed by atoms with van der Waals surface area (Å²) < 4.78 is 8.02. The van der Waals surface area contributed by atoms with Crippen molar-refractivity contribution in [3.63, 3.8) is 0 Å². The summed E-state index contributed by atoms with van der Waals surface area (Å²) >= 11 is 3.45. The van der Waals surface area contributed by atoms with Crippen molar-refractivity contribution >= 4 is 38.8 Å². The number of hydrogen-bond donors (Lipinski definition) is 1. The molecule has 0 unspecified atom stereocenters. The summed E-state index contributed by atoms with van der Waals surface area (Å²) in [6, 6.07) is 5.78. The number of hydrogen-bond acceptors (Lipinski definition) is 4. The van der Waals surface area contributed by atoms with Gasteiger partial charge in [-0.05, 0) is 51.8 Å². The molecule has 0 spiro atoms. The van der Waals surface area contributed by atoms with E-state index >= 15 is 0 Å². The lowest BCUT2D eigenvalue weighted by Gasteiger charge is -2.33. The Morgan fingerprint density at radius 2 is 1.93 bits per heavy atom. The van der Waals surface area contributed by atoms with Crippen molar-refractivity contribution < 1.29 is 14.3 Å². The molecule has 146 valence electrons. The molecule has 2 aromatic rings. The lowest BCUT2D eigenvalue weighted by Crippen LogP contribution is -2.47. The Labute approximate surface area is 167 Å². The molecule has 1 saturated heterocycles. The molecule has 3 rings (SSSR count). The van der Waals surface area contributed by atoms with Crippen molar-refractivity contribution in [2.75, 3.05) is 13.1 Å². The van der Waals surface area contributed by atoms with E-state index in [1.807, 2.05) is 46.0 Å². The number of amides is 2. The third kappa shape index (κ3) is 4.61. The largest absolute Gasteiger partial charge is 0.444 e. The van der Waals surface area contributed by atoms with Gasteiger partial charge in [0.1, 0.15) is 5.60 Å². The molecule has 0 aliphatic carbocycles. The average Bonchev–Trinajstić information content (AvgIpc) is 2.90. The smallest absolute Gasteiger partial charge is 0.410 e. The number of nitrogens with zero attached hydrogens (tertiary/aromatic N) is 3. The number of fused-ring (bicyclic) bond motifs is 1. The number of rotatable bonds is 2. The van der Waals surface area contributed by atoms with E-state index < -0.39 is 5.60 Å². The SMILES string of the molecule is Cn1nc(C(=O)NC2CCN(C(=O)OC(C)(C)C)CC2)c2cc(Br)ccc21. The van der Waals surface area contributed by atoms with Gasteiger partial charge in [0.25, 0.3) is 5.91 Å². The number of piperidine rings is 1. The minimum Gasteiger partial charge on any atom is -0.444 e. The van der Waals surface area contributed by atoms with Crippen LogP contribution in [0.1, 0.15) is 44.1 Å². The molecule has 1 aliphatic heterocycles. The van der Waals surface area contributed by atoms with Crippen LogP contribution in [0.15, 0.2) is 22.7 Å². The monoisotopic (exact) mass is 436 g/mol. The Morgan fingerprint density at radius 3 is 2.56 bits per heavy atom. The van der Waals surface area contributed by atoms with Gasteiger partial charge in [0.15, 0.2) is 5.69 Å². The number of aromatic nitrogens is 2. The fraction of sp³-hybridized carbons (Fsp3) is 0.526. The quantitative estimate of drug-likeness (QED) is 0.781. The van der Waals surface area contributed by atoms with Gasteiger partial charge in [-0.2, -0.15) is 5.10 Å². The van der Waals surface area contributed by atoms with Crippen molar-refractivity contribution in [3.05, 3.63) is 28.4 Å². The second kappa shape index (κ2) is 7.50. The van der Waals surface area contributed by atoms with Crippen LogP contribution < -0.4 is 5.32 Å². The molecule has 0 bridgehead atoms. The predicted octanol–water partition coefficient (Wildman–Crippen LogP) is 3.47. The molecule has 1 fully saturated rings. The molecule has 7 nitrogen and oxygen atoms in total. The van der Waals surface area contributed by atoms with E-state index in [0.717, 1.165) is 15.4 Å². The second-order valence-electron chi connectivity index (χ2n) is 7.85. The number of halogens is 1. The van der Waals surface area contributed by atoms with E-state index in [2.05, 4.69) is 26.3 Å².